The van der Waals surface area contributed by atoms with Crippen LogP contribution in [-0.2, 0) is 4.74 Å². The number of carbonyl (C=O) groups excluding carboxylic acids is 1. The van der Waals surface area contributed by atoms with E-state index in [1.165, 1.54) is 6.20 Å². The van der Waals surface area contributed by atoms with Gasteiger partial charge in [0, 0.05) is 31.8 Å². The standard InChI is InChI=1S/C13H16ClFN2O2/c1-2-19-8-9-3-4-17(7-9)13(18)10-5-11(15)12(14)16-6-10/h5-6,9H,2-4,7-8H2,1H3. The summed E-state index contributed by atoms with van der Waals surface area (Å²) in [6, 6.07) is 1.13. The van der Waals surface area contributed by atoms with Gasteiger partial charge in [0.15, 0.2) is 11.0 Å². The largest absolute Gasteiger partial charge is 0.381 e. The summed E-state index contributed by atoms with van der Waals surface area (Å²) >= 11 is 5.50. The Balaban J connectivity index is 1.99. The lowest BCUT2D eigenvalue weighted by molar-refractivity contribution is 0.0762. The zero-order valence-electron chi connectivity index (χ0n) is 10.7. The minimum Gasteiger partial charge on any atom is -0.381 e. The van der Waals surface area contributed by atoms with Gasteiger partial charge in [-0.1, -0.05) is 11.6 Å². The van der Waals surface area contributed by atoms with Gasteiger partial charge in [0.25, 0.3) is 5.91 Å². The first-order valence-electron chi connectivity index (χ1n) is 6.30. The molecule has 0 aromatic carbocycles. The molecule has 0 radical (unpaired) electrons. The smallest absolute Gasteiger partial charge is 0.255 e. The van der Waals surface area contributed by atoms with E-state index in [9.17, 15) is 9.18 Å². The molecule has 0 N–H and O–H groups in total. The van der Waals surface area contributed by atoms with Gasteiger partial charge in [-0.05, 0) is 19.4 Å². The molecule has 1 unspecified atom stereocenters. The highest BCUT2D eigenvalue weighted by molar-refractivity contribution is 6.29. The molecule has 1 aliphatic heterocycles. The minimum atomic E-state index is -0.669. The van der Waals surface area contributed by atoms with Gasteiger partial charge in [-0.3, -0.25) is 4.79 Å². The third-order valence-electron chi connectivity index (χ3n) is 3.17. The Morgan fingerprint density at radius 2 is 2.47 bits per heavy atom. The van der Waals surface area contributed by atoms with Gasteiger partial charge in [-0.2, -0.15) is 0 Å². The van der Waals surface area contributed by atoms with Crippen LogP contribution in [0.3, 0.4) is 0 Å². The molecular weight excluding hydrogens is 271 g/mol. The summed E-state index contributed by atoms with van der Waals surface area (Å²) in [6.07, 6.45) is 2.22. The Labute approximate surface area is 116 Å². The van der Waals surface area contributed by atoms with Crippen molar-refractivity contribution in [3.8, 4) is 0 Å². The highest BCUT2D eigenvalue weighted by Gasteiger charge is 2.27. The summed E-state index contributed by atoms with van der Waals surface area (Å²) in [5.74, 6) is -0.520. The van der Waals surface area contributed by atoms with Crippen LogP contribution in [0.2, 0.25) is 5.15 Å². The Bertz CT molecular complexity index is 470. The molecule has 1 aromatic heterocycles. The number of pyridine rings is 1. The van der Waals surface area contributed by atoms with Crippen LogP contribution in [0.1, 0.15) is 23.7 Å². The topological polar surface area (TPSA) is 42.4 Å². The number of rotatable bonds is 4. The summed E-state index contributed by atoms with van der Waals surface area (Å²) in [6.45, 7) is 4.59. The minimum absolute atomic E-state index is 0.206. The first-order chi connectivity index (χ1) is 9.11. The van der Waals surface area contributed by atoms with Crippen LogP contribution in [0.15, 0.2) is 12.3 Å². The van der Waals surface area contributed by atoms with E-state index >= 15 is 0 Å². The molecule has 0 spiro atoms. The predicted octanol–water partition coefficient (Wildman–Crippen LogP) is 2.37. The number of hydrogen-bond donors (Lipinski definition) is 0. The molecule has 4 nitrogen and oxygen atoms in total. The Kier molecular flexibility index (Phi) is 4.71. The second kappa shape index (κ2) is 6.30. The van der Waals surface area contributed by atoms with E-state index in [-0.39, 0.29) is 16.6 Å². The van der Waals surface area contributed by atoms with Gasteiger partial charge in [0.1, 0.15) is 0 Å². The number of nitrogens with zero attached hydrogens (tertiary/aromatic N) is 2. The maximum absolute atomic E-state index is 13.3. The fraction of sp³-hybridized carbons (Fsp3) is 0.538. The molecule has 104 valence electrons. The lowest BCUT2D eigenvalue weighted by Gasteiger charge is -2.16. The number of carbonyl (C=O) groups is 1. The van der Waals surface area contributed by atoms with Crippen LogP contribution < -0.4 is 0 Å². The monoisotopic (exact) mass is 286 g/mol. The molecule has 0 saturated carbocycles. The summed E-state index contributed by atoms with van der Waals surface area (Å²) in [7, 11) is 0. The first-order valence-corrected chi connectivity index (χ1v) is 6.67. The van der Waals surface area contributed by atoms with Crippen LogP contribution in [0, 0.1) is 11.7 Å². The number of hydrogen-bond acceptors (Lipinski definition) is 3. The molecule has 0 bridgehead atoms. The SMILES string of the molecule is CCOCC1CCN(C(=O)c2cnc(Cl)c(F)c2)C1. The highest BCUT2D eigenvalue weighted by Crippen LogP contribution is 2.20. The molecule has 1 saturated heterocycles. The van der Waals surface area contributed by atoms with E-state index in [2.05, 4.69) is 4.98 Å². The van der Waals surface area contributed by atoms with E-state index < -0.39 is 5.82 Å². The average molecular weight is 287 g/mol. The van der Waals surface area contributed by atoms with Crippen molar-refractivity contribution in [2.75, 3.05) is 26.3 Å². The quantitative estimate of drug-likeness (QED) is 0.798. The first kappa shape index (κ1) is 14.2. The van der Waals surface area contributed by atoms with E-state index in [1.54, 1.807) is 4.90 Å². The van der Waals surface area contributed by atoms with E-state index in [1.807, 2.05) is 6.92 Å². The van der Waals surface area contributed by atoms with E-state index in [0.717, 1.165) is 12.5 Å². The Hall–Kier alpha value is -1.20. The van der Waals surface area contributed by atoms with Gasteiger partial charge in [-0.15, -0.1) is 0 Å². The number of aromatic nitrogens is 1. The molecular formula is C13H16ClFN2O2. The fourth-order valence-corrected chi connectivity index (χ4v) is 2.26. The molecule has 2 heterocycles. The van der Waals surface area contributed by atoms with E-state index in [0.29, 0.717) is 32.2 Å². The average Bonchev–Trinajstić information content (AvgIpc) is 2.87. The number of halogens is 2. The molecule has 19 heavy (non-hydrogen) atoms. The van der Waals surface area contributed by atoms with Crippen molar-refractivity contribution in [3.05, 3.63) is 28.8 Å². The van der Waals surface area contributed by atoms with Gasteiger partial charge >= 0.3 is 0 Å². The maximum Gasteiger partial charge on any atom is 0.255 e. The lowest BCUT2D eigenvalue weighted by atomic mass is 10.1. The van der Waals surface area contributed by atoms with Crippen LogP contribution in [0.25, 0.3) is 0 Å². The van der Waals surface area contributed by atoms with Crippen LogP contribution in [-0.4, -0.2) is 42.1 Å². The summed E-state index contributed by atoms with van der Waals surface area (Å²) in [5.41, 5.74) is 0.235. The summed E-state index contributed by atoms with van der Waals surface area (Å²) in [5, 5.41) is -0.216. The van der Waals surface area contributed by atoms with Gasteiger partial charge in [-0.25, -0.2) is 9.37 Å². The van der Waals surface area contributed by atoms with Crippen molar-refractivity contribution in [3.63, 3.8) is 0 Å². The molecule has 1 aliphatic rings. The molecule has 1 aromatic rings. The molecule has 2 rings (SSSR count). The number of amides is 1. The zero-order valence-corrected chi connectivity index (χ0v) is 11.5. The van der Waals surface area contributed by atoms with Crippen molar-refractivity contribution < 1.29 is 13.9 Å². The Morgan fingerprint density at radius 3 is 3.16 bits per heavy atom. The van der Waals surface area contributed by atoms with Crippen molar-refractivity contribution in [1.29, 1.82) is 0 Å². The van der Waals surface area contributed by atoms with Gasteiger partial charge in [0.2, 0.25) is 0 Å². The maximum atomic E-state index is 13.3. The summed E-state index contributed by atoms with van der Waals surface area (Å²) < 4.78 is 18.6. The van der Waals surface area contributed by atoms with Crippen molar-refractivity contribution in [1.82, 2.24) is 9.88 Å². The van der Waals surface area contributed by atoms with Crippen LogP contribution in [0.4, 0.5) is 4.39 Å². The van der Waals surface area contributed by atoms with Crippen LogP contribution in [0.5, 0.6) is 0 Å². The third-order valence-corrected chi connectivity index (χ3v) is 3.45. The third kappa shape index (κ3) is 3.42. The van der Waals surface area contributed by atoms with Crippen molar-refractivity contribution in [2.24, 2.45) is 5.92 Å². The molecule has 1 fully saturated rings. The van der Waals surface area contributed by atoms with Crippen molar-refractivity contribution in [2.45, 2.75) is 13.3 Å². The number of ether oxygens (including phenoxy) is 1. The predicted molar refractivity (Wildman–Crippen MR) is 69.7 cm³/mol. The van der Waals surface area contributed by atoms with Gasteiger partial charge < -0.3 is 9.64 Å². The normalized spacial score (nSPS) is 18.9. The van der Waals surface area contributed by atoms with Crippen molar-refractivity contribution >= 4 is 17.5 Å². The second-order valence-electron chi connectivity index (χ2n) is 4.56. The lowest BCUT2D eigenvalue weighted by Crippen LogP contribution is -2.29. The fourth-order valence-electron chi connectivity index (χ4n) is 2.16. The summed E-state index contributed by atoms with van der Waals surface area (Å²) in [4.78, 5) is 17.5. The van der Waals surface area contributed by atoms with Gasteiger partial charge in [0.05, 0.1) is 12.2 Å². The zero-order chi connectivity index (χ0) is 13.8. The number of likely N-dealkylation sites (tertiary alicyclic amines) is 1. The van der Waals surface area contributed by atoms with Crippen LogP contribution >= 0.6 is 11.6 Å². The Morgan fingerprint density at radius 1 is 1.68 bits per heavy atom. The molecule has 0 aliphatic carbocycles. The molecule has 1 atom stereocenters. The highest BCUT2D eigenvalue weighted by atomic mass is 35.5. The molecule has 6 heteroatoms. The molecule has 1 amide bonds. The second-order valence-corrected chi connectivity index (χ2v) is 4.92. The van der Waals surface area contributed by atoms with E-state index in [4.69, 9.17) is 16.3 Å².